The fourth-order valence-electron chi connectivity index (χ4n) is 3.34. The van der Waals surface area contributed by atoms with Gasteiger partial charge in [0.2, 0.25) is 5.91 Å². The van der Waals surface area contributed by atoms with E-state index in [1.165, 1.54) is 11.1 Å². The number of carbonyl (C=O) groups excluding carboxylic acids is 1. The van der Waals surface area contributed by atoms with Crippen molar-refractivity contribution in [3.05, 3.63) is 34.9 Å². The predicted molar refractivity (Wildman–Crippen MR) is 87.7 cm³/mol. The van der Waals surface area contributed by atoms with Crippen LogP contribution in [0.3, 0.4) is 0 Å². The number of ether oxygens (including phenoxy) is 1. The quantitative estimate of drug-likeness (QED) is 0.929. The largest absolute Gasteiger partial charge is 0.497 e. The molecule has 1 heterocycles. The van der Waals surface area contributed by atoms with Gasteiger partial charge in [-0.2, -0.15) is 0 Å². The van der Waals surface area contributed by atoms with Crippen molar-refractivity contribution in [1.82, 2.24) is 10.2 Å². The zero-order chi connectivity index (χ0) is 15.5. The fraction of sp³-hybridized carbons (Fsp3) is 0.500. The van der Waals surface area contributed by atoms with Gasteiger partial charge in [-0.1, -0.05) is 19.4 Å². The standard InChI is InChI=1S/C18H24N2O2/c1-3-4-10-20-11-9-19-18(21)15-8-6-13-5-7-14(22-2)12-16(13)17(15)20/h5,7,12H,3-4,6,8-11H2,1-2H3,(H,19,21). The van der Waals surface area contributed by atoms with E-state index in [9.17, 15) is 4.79 Å². The van der Waals surface area contributed by atoms with Gasteiger partial charge in [0.15, 0.2) is 0 Å². The molecule has 4 nitrogen and oxygen atoms in total. The van der Waals surface area contributed by atoms with Crippen LogP contribution >= 0.6 is 0 Å². The number of benzene rings is 1. The molecule has 1 amide bonds. The number of amides is 1. The summed E-state index contributed by atoms with van der Waals surface area (Å²) in [6, 6.07) is 6.23. The molecule has 1 aromatic rings. The Morgan fingerprint density at radius 1 is 1.32 bits per heavy atom. The van der Waals surface area contributed by atoms with Crippen LogP contribution in [0, 0.1) is 0 Å². The normalized spacial score (nSPS) is 17.5. The van der Waals surface area contributed by atoms with E-state index in [2.05, 4.69) is 29.3 Å². The number of fused-ring (bicyclic) bond motifs is 2. The molecule has 3 rings (SSSR count). The first-order valence-corrected chi connectivity index (χ1v) is 8.18. The maximum atomic E-state index is 12.4. The second-order valence-electron chi connectivity index (χ2n) is 5.95. The van der Waals surface area contributed by atoms with Crippen LogP contribution < -0.4 is 10.1 Å². The number of hydrogen-bond acceptors (Lipinski definition) is 3. The lowest BCUT2D eigenvalue weighted by Gasteiger charge is -2.31. The highest BCUT2D eigenvalue weighted by Gasteiger charge is 2.29. The van der Waals surface area contributed by atoms with Crippen molar-refractivity contribution in [1.29, 1.82) is 0 Å². The Balaban J connectivity index is 2.08. The first-order valence-electron chi connectivity index (χ1n) is 8.18. The van der Waals surface area contributed by atoms with Gasteiger partial charge in [0.05, 0.1) is 12.8 Å². The van der Waals surface area contributed by atoms with Crippen LogP contribution in [-0.4, -0.2) is 37.6 Å². The molecular formula is C18H24N2O2. The Kier molecular flexibility index (Phi) is 4.36. The van der Waals surface area contributed by atoms with Crippen LogP contribution in [0.15, 0.2) is 23.8 Å². The zero-order valence-corrected chi connectivity index (χ0v) is 13.4. The molecule has 0 atom stereocenters. The topological polar surface area (TPSA) is 41.6 Å². The van der Waals surface area contributed by atoms with Gasteiger partial charge in [-0.05, 0) is 37.0 Å². The van der Waals surface area contributed by atoms with Crippen molar-refractivity contribution in [3.63, 3.8) is 0 Å². The fourth-order valence-corrected chi connectivity index (χ4v) is 3.34. The number of nitrogens with one attached hydrogen (secondary N) is 1. The molecule has 1 N–H and O–H groups in total. The molecule has 2 aliphatic rings. The summed E-state index contributed by atoms with van der Waals surface area (Å²) < 4.78 is 5.39. The van der Waals surface area contributed by atoms with Gasteiger partial charge in [0.25, 0.3) is 0 Å². The van der Waals surface area contributed by atoms with Gasteiger partial charge in [-0.3, -0.25) is 4.79 Å². The number of nitrogens with zero attached hydrogens (tertiary/aromatic N) is 1. The van der Waals surface area contributed by atoms with Crippen molar-refractivity contribution in [2.75, 3.05) is 26.7 Å². The van der Waals surface area contributed by atoms with Gasteiger partial charge in [-0.15, -0.1) is 0 Å². The lowest BCUT2D eigenvalue weighted by molar-refractivity contribution is -0.117. The molecule has 1 aromatic carbocycles. The minimum atomic E-state index is 0.0995. The Hall–Kier alpha value is -1.97. The molecule has 4 heteroatoms. The third kappa shape index (κ3) is 2.70. The maximum absolute atomic E-state index is 12.4. The molecule has 0 fully saturated rings. The number of hydrogen-bond donors (Lipinski definition) is 1. The SMILES string of the molecule is CCCCN1CCNC(=O)C2=C1c1cc(OC)ccc1CC2. The lowest BCUT2D eigenvalue weighted by atomic mass is 9.88. The molecule has 0 unspecified atom stereocenters. The van der Waals surface area contributed by atoms with Crippen LogP contribution in [0.5, 0.6) is 5.75 Å². The average molecular weight is 300 g/mol. The molecule has 22 heavy (non-hydrogen) atoms. The van der Waals surface area contributed by atoms with E-state index in [1.54, 1.807) is 7.11 Å². The molecule has 0 saturated heterocycles. The maximum Gasteiger partial charge on any atom is 0.249 e. The number of unbranched alkanes of at least 4 members (excludes halogenated alkanes) is 1. The Bertz CT molecular complexity index is 607. The summed E-state index contributed by atoms with van der Waals surface area (Å²) in [4.78, 5) is 14.8. The molecule has 0 bridgehead atoms. The number of carbonyl (C=O) groups is 1. The van der Waals surface area contributed by atoms with E-state index in [-0.39, 0.29) is 5.91 Å². The van der Waals surface area contributed by atoms with Crippen molar-refractivity contribution >= 4 is 11.6 Å². The number of aryl methyl sites for hydroxylation is 1. The highest BCUT2D eigenvalue weighted by Crippen LogP contribution is 2.36. The van der Waals surface area contributed by atoms with Crippen molar-refractivity contribution in [2.24, 2.45) is 0 Å². The van der Waals surface area contributed by atoms with Crippen molar-refractivity contribution < 1.29 is 9.53 Å². The highest BCUT2D eigenvalue weighted by molar-refractivity contribution is 6.02. The Labute approximate surface area is 132 Å². The highest BCUT2D eigenvalue weighted by atomic mass is 16.5. The van der Waals surface area contributed by atoms with Crippen molar-refractivity contribution in [2.45, 2.75) is 32.6 Å². The summed E-state index contributed by atoms with van der Waals surface area (Å²) >= 11 is 0. The third-order valence-corrected chi connectivity index (χ3v) is 4.54. The van der Waals surface area contributed by atoms with Gasteiger partial charge in [0, 0.05) is 30.8 Å². The van der Waals surface area contributed by atoms with Crippen LogP contribution in [0.1, 0.15) is 37.3 Å². The average Bonchev–Trinajstić information content (AvgIpc) is 2.71. The summed E-state index contributed by atoms with van der Waals surface area (Å²) in [6.45, 7) is 4.80. The summed E-state index contributed by atoms with van der Waals surface area (Å²) in [7, 11) is 1.69. The smallest absolute Gasteiger partial charge is 0.249 e. The summed E-state index contributed by atoms with van der Waals surface area (Å²) in [5.74, 6) is 0.954. The molecular weight excluding hydrogens is 276 g/mol. The minimum absolute atomic E-state index is 0.0995. The monoisotopic (exact) mass is 300 g/mol. The Morgan fingerprint density at radius 2 is 2.18 bits per heavy atom. The van der Waals surface area contributed by atoms with Crippen LogP contribution in [0.2, 0.25) is 0 Å². The van der Waals surface area contributed by atoms with E-state index >= 15 is 0 Å². The van der Waals surface area contributed by atoms with Crippen LogP contribution in [-0.2, 0) is 11.2 Å². The van der Waals surface area contributed by atoms with Gasteiger partial charge >= 0.3 is 0 Å². The van der Waals surface area contributed by atoms with Gasteiger partial charge in [0.1, 0.15) is 5.75 Å². The molecule has 118 valence electrons. The number of methoxy groups -OCH3 is 1. The zero-order valence-electron chi connectivity index (χ0n) is 13.4. The van der Waals surface area contributed by atoms with E-state index in [1.807, 2.05) is 6.07 Å². The summed E-state index contributed by atoms with van der Waals surface area (Å²) in [6.07, 6.45) is 4.05. The van der Waals surface area contributed by atoms with Crippen LogP contribution in [0.4, 0.5) is 0 Å². The molecule has 1 aliphatic heterocycles. The van der Waals surface area contributed by atoms with E-state index in [4.69, 9.17) is 4.74 Å². The number of rotatable bonds is 4. The second kappa shape index (κ2) is 6.42. The minimum Gasteiger partial charge on any atom is -0.497 e. The van der Waals surface area contributed by atoms with Crippen LogP contribution in [0.25, 0.3) is 5.70 Å². The first kappa shape index (κ1) is 14.9. The third-order valence-electron chi connectivity index (χ3n) is 4.54. The van der Waals surface area contributed by atoms with Gasteiger partial charge in [-0.25, -0.2) is 0 Å². The summed E-state index contributed by atoms with van der Waals surface area (Å²) in [5, 5.41) is 3.04. The Morgan fingerprint density at radius 3 is 2.95 bits per heavy atom. The van der Waals surface area contributed by atoms with E-state index < -0.39 is 0 Å². The molecule has 0 saturated carbocycles. The summed E-state index contributed by atoms with van der Waals surface area (Å²) in [5.41, 5.74) is 4.56. The van der Waals surface area contributed by atoms with Gasteiger partial charge < -0.3 is 15.0 Å². The van der Waals surface area contributed by atoms with Crippen molar-refractivity contribution in [3.8, 4) is 5.75 Å². The molecule has 0 spiro atoms. The molecule has 0 radical (unpaired) electrons. The first-order chi connectivity index (χ1) is 10.7. The van der Waals surface area contributed by atoms with E-state index in [0.29, 0.717) is 0 Å². The lowest BCUT2D eigenvalue weighted by Crippen LogP contribution is -2.30. The van der Waals surface area contributed by atoms with E-state index in [0.717, 1.165) is 62.3 Å². The predicted octanol–water partition coefficient (Wildman–Crippen LogP) is 2.58. The molecule has 0 aromatic heterocycles. The second-order valence-corrected chi connectivity index (χ2v) is 5.95. The molecule has 1 aliphatic carbocycles.